The van der Waals surface area contributed by atoms with Crippen molar-refractivity contribution in [1.29, 1.82) is 0 Å². The Labute approximate surface area is 136 Å². The highest BCUT2D eigenvalue weighted by atomic mass is 32.2. The van der Waals surface area contributed by atoms with Gasteiger partial charge in [-0.3, -0.25) is 4.79 Å². The SMILES string of the molecule is Cc1nc(-c2ccc(S(=O)(=O)N3CCCC3C(=O)O)s2)cs1. The molecule has 1 aliphatic rings. The van der Waals surface area contributed by atoms with Gasteiger partial charge in [-0.25, -0.2) is 13.4 Å². The fourth-order valence-electron chi connectivity index (χ4n) is 2.46. The fourth-order valence-corrected chi connectivity index (χ4v) is 6.20. The van der Waals surface area contributed by atoms with E-state index in [0.717, 1.165) is 31.2 Å². The average Bonchev–Trinajstić information content (AvgIpc) is 3.18. The van der Waals surface area contributed by atoms with Crippen molar-refractivity contribution in [3.05, 3.63) is 22.5 Å². The van der Waals surface area contributed by atoms with Crippen LogP contribution in [-0.2, 0) is 14.8 Å². The van der Waals surface area contributed by atoms with Crippen LogP contribution in [0.2, 0.25) is 0 Å². The van der Waals surface area contributed by atoms with E-state index in [1.807, 2.05) is 12.3 Å². The number of nitrogens with zero attached hydrogens (tertiary/aromatic N) is 2. The summed E-state index contributed by atoms with van der Waals surface area (Å²) in [4.78, 5) is 16.3. The highest BCUT2D eigenvalue weighted by Crippen LogP contribution is 2.35. The van der Waals surface area contributed by atoms with Crippen LogP contribution in [0.3, 0.4) is 0 Å². The Balaban J connectivity index is 1.93. The number of carbonyl (C=O) groups is 1. The van der Waals surface area contributed by atoms with Gasteiger partial charge < -0.3 is 5.11 Å². The molecule has 0 amide bonds. The molecule has 6 nitrogen and oxygen atoms in total. The molecule has 3 heterocycles. The van der Waals surface area contributed by atoms with Crippen LogP contribution in [0.1, 0.15) is 17.8 Å². The van der Waals surface area contributed by atoms with E-state index in [-0.39, 0.29) is 10.8 Å². The van der Waals surface area contributed by atoms with E-state index in [0.29, 0.717) is 12.8 Å². The van der Waals surface area contributed by atoms with Crippen molar-refractivity contribution in [2.45, 2.75) is 30.0 Å². The maximum Gasteiger partial charge on any atom is 0.322 e. The number of aryl methyl sites for hydroxylation is 1. The van der Waals surface area contributed by atoms with Gasteiger partial charge in [0, 0.05) is 11.9 Å². The first kappa shape index (κ1) is 15.6. The van der Waals surface area contributed by atoms with Gasteiger partial charge in [0.25, 0.3) is 10.0 Å². The number of thiazole rings is 1. The molecule has 2 aromatic rings. The third kappa shape index (κ3) is 2.69. The Morgan fingerprint density at radius 1 is 1.45 bits per heavy atom. The van der Waals surface area contributed by atoms with E-state index in [4.69, 9.17) is 5.11 Å². The predicted molar refractivity (Wildman–Crippen MR) is 84.7 cm³/mol. The number of carboxylic acid groups (broad SMARTS) is 1. The van der Waals surface area contributed by atoms with Gasteiger partial charge in [-0.1, -0.05) is 0 Å². The van der Waals surface area contributed by atoms with Crippen LogP contribution < -0.4 is 0 Å². The molecule has 1 N–H and O–H groups in total. The summed E-state index contributed by atoms with van der Waals surface area (Å²) >= 11 is 2.63. The zero-order chi connectivity index (χ0) is 15.9. The molecule has 1 fully saturated rings. The first-order chi connectivity index (χ1) is 10.4. The number of hydrogen-bond acceptors (Lipinski definition) is 6. The molecule has 1 saturated heterocycles. The topological polar surface area (TPSA) is 87.6 Å². The molecule has 9 heteroatoms. The number of sulfonamides is 1. The Morgan fingerprint density at radius 2 is 2.23 bits per heavy atom. The summed E-state index contributed by atoms with van der Waals surface area (Å²) in [5, 5.41) is 12.0. The summed E-state index contributed by atoms with van der Waals surface area (Å²) in [7, 11) is -3.77. The maximum absolute atomic E-state index is 12.7. The molecule has 0 saturated carbocycles. The largest absolute Gasteiger partial charge is 0.480 e. The molecule has 0 spiro atoms. The van der Waals surface area contributed by atoms with Gasteiger partial charge in [0.1, 0.15) is 10.3 Å². The van der Waals surface area contributed by atoms with Crippen LogP contribution in [0.15, 0.2) is 21.7 Å². The smallest absolute Gasteiger partial charge is 0.322 e. The first-order valence-corrected chi connectivity index (χ1v) is 9.80. The maximum atomic E-state index is 12.7. The lowest BCUT2D eigenvalue weighted by Crippen LogP contribution is -2.40. The zero-order valence-electron chi connectivity index (χ0n) is 11.7. The molecular formula is C13H14N2O4S3. The minimum atomic E-state index is -3.77. The van der Waals surface area contributed by atoms with E-state index in [9.17, 15) is 13.2 Å². The Hall–Kier alpha value is -1.29. The van der Waals surface area contributed by atoms with Crippen LogP contribution in [0.5, 0.6) is 0 Å². The van der Waals surface area contributed by atoms with Crippen LogP contribution in [0.25, 0.3) is 10.6 Å². The molecule has 0 radical (unpaired) electrons. The van der Waals surface area contributed by atoms with Gasteiger partial charge in [0.2, 0.25) is 0 Å². The molecule has 118 valence electrons. The summed E-state index contributed by atoms with van der Waals surface area (Å²) in [5.41, 5.74) is 0.755. The van der Waals surface area contributed by atoms with Gasteiger partial charge in [-0.2, -0.15) is 4.31 Å². The lowest BCUT2D eigenvalue weighted by Gasteiger charge is -2.19. The fraction of sp³-hybridized carbons (Fsp3) is 0.385. The summed E-state index contributed by atoms with van der Waals surface area (Å²) in [5.74, 6) is -1.09. The number of thiophene rings is 1. The molecule has 1 atom stereocenters. The van der Waals surface area contributed by atoms with E-state index in [1.54, 1.807) is 6.07 Å². The lowest BCUT2D eigenvalue weighted by molar-refractivity contribution is -0.140. The second-order valence-electron chi connectivity index (χ2n) is 4.98. The van der Waals surface area contributed by atoms with Crippen molar-refractivity contribution in [3.63, 3.8) is 0 Å². The molecule has 22 heavy (non-hydrogen) atoms. The van der Waals surface area contributed by atoms with Crippen molar-refractivity contribution >= 4 is 38.7 Å². The van der Waals surface area contributed by atoms with Gasteiger partial charge in [-0.05, 0) is 31.9 Å². The van der Waals surface area contributed by atoms with Crippen molar-refractivity contribution in [1.82, 2.24) is 9.29 Å². The predicted octanol–water partition coefficient (Wildman–Crippen LogP) is 2.42. The number of hydrogen-bond donors (Lipinski definition) is 1. The molecule has 0 aliphatic carbocycles. The lowest BCUT2D eigenvalue weighted by atomic mass is 10.2. The summed E-state index contributed by atoms with van der Waals surface area (Å²) in [6.45, 7) is 2.14. The number of aromatic nitrogens is 1. The molecule has 1 aliphatic heterocycles. The van der Waals surface area contributed by atoms with E-state index >= 15 is 0 Å². The second-order valence-corrected chi connectivity index (χ2v) is 9.25. The monoisotopic (exact) mass is 358 g/mol. The highest BCUT2D eigenvalue weighted by Gasteiger charge is 2.40. The molecule has 3 rings (SSSR count). The van der Waals surface area contributed by atoms with Crippen molar-refractivity contribution in [2.24, 2.45) is 0 Å². The van der Waals surface area contributed by atoms with Crippen molar-refractivity contribution in [3.8, 4) is 10.6 Å². The Kier molecular flexibility index (Phi) is 4.06. The minimum absolute atomic E-state index is 0.168. The van der Waals surface area contributed by atoms with Gasteiger partial charge >= 0.3 is 5.97 Å². The van der Waals surface area contributed by atoms with E-state index in [1.165, 1.54) is 17.4 Å². The van der Waals surface area contributed by atoms with Gasteiger partial charge in [0.15, 0.2) is 0 Å². The highest BCUT2D eigenvalue weighted by molar-refractivity contribution is 7.91. The average molecular weight is 358 g/mol. The van der Waals surface area contributed by atoms with Crippen LogP contribution in [0, 0.1) is 6.92 Å². The molecule has 1 unspecified atom stereocenters. The van der Waals surface area contributed by atoms with Gasteiger partial charge in [0.05, 0.1) is 15.6 Å². The molecule has 0 aromatic carbocycles. The van der Waals surface area contributed by atoms with Crippen LogP contribution in [-0.4, -0.2) is 41.4 Å². The van der Waals surface area contributed by atoms with Crippen LogP contribution in [0.4, 0.5) is 0 Å². The van der Waals surface area contributed by atoms with Gasteiger partial charge in [-0.15, -0.1) is 22.7 Å². The minimum Gasteiger partial charge on any atom is -0.480 e. The number of rotatable bonds is 4. The standard InChI is InChI=1S/C13H14N2O4S3/c1-8-14-9(7-20-8)11-4-5-12(21-11)22(18,19)15-6-2-3-10(15)13(16)17/h4-5,7,10H,2-3,6H2,1H3,(H,16,17). The summed E-state index contributed by atoms with van der Waals surface area (Å²) in [6, 6.07) is 2.29. The number of aliphatic carboxylic acids is 1. The summed E-state index contributed by atoms with van der Waals surface area (Å²) in [6.07, 6.45) is 0.928. The quantitative estimate of drug-likeness (QED) is 0.907. The van der Waals surface area contributed by atoms with E-state index < -0.39 is 22.0 Å². The number of carboxylic acids is 1. The normalized spacial score (nSPS) is 19.6. The third-order valence-electron chi connectivity index (χ3n) is 3.50. The van der Waals surface area contributed by atoms with Crippen molar-refractivity contribution in [2.75, 3.05) is 6.54 Å². The third-order valence-corrected chi connectivity index (χ3v) is 7.76. The second kappa shape index (κ2) is 5.73. The Bertz CT molecular complexity index is 809. The molecular weight excluding hydrogens is 344 g/mol. The zero-order valence-corrected chi connectivity index (χ0v) is 14.2. The van der Waals surface area contributed by atoms with E-state index in [2.05, 4.69) is 4.98 Å². The Morgan fingerprint density at radius 3 is 2.86 bits per heavy atom. The molecule has 0 bridgehead atoms. The van der Waals surface area contributed by atoms with Crippen LogP contribution >= 0.6 is 22.7 Å². The van der Waals surface area contributed by atoms with Crippen molar-refractivity contribution < 1.29 is 18.3 Å². The summed E-state index contributed by atoms with van der Waals surface area (Å²) < 4.78 is 26.6. The first-order valence-electron chi connectivity index (χ1n) is 6.66. The molecule has 2 aromatic heterocycles.